The predicted molar refractivity (Wildman–Crippen MR) is 120 cm³/mol. The van der Waals surface area contributed by atoms with Crippen molar-refractivity contribution in [2.45, 2.75) is 19.3 Å². The number of hydrogen-bond acceptors (Lipinski definition) is 4. The van der Waals surface area contributed by atoms with Gasteiger partial charge in [-0.05, 0) is 72.1 Å². The standard InChI is InChI=1S/C23H22ClN3OS/c1-14-2-4-16-8-15(11-25-23(16)26-14)3-7-22(28)27-12-18-9-17(10-19(18)13-27)20-5-6-21(24)29-20/h3,5-9,11,18-19H,1-2,4,10,12-13H2,(H,25,26)/b7-3+. The molecule has 0 radical (unpaired) electrons. The number of allylic oxidation sites excluding steroid dienone is 2. The average molecular weight is 424 g/mol. The summed E-state index contributed by atoms with van der Waals surface area (Å²) in [6, 6.07) is 6.16. The first-order valence-corrected chi connectivity index (χ1v) is 11.1. The maximum Gasteiger partial charge on any atom is 0.246 e. The number of rotatable bonds is 3. The molecule has 29 heavy (non-hydrogen) atoms. The first-order chi connectivity index (χ1) is 14.0. The monoisotopic (exact) mass is 423 g/mol. The first-order valence-electron chi connectivity index (χ1n) is 9.92. The molecule has 0 saturated carbocycles. The van der Waals surface area contributed by atoms with E-state index in [1.807, 2.05) is 17.0 Å². The van der Waals surface area contributed by atoms with Gasteiger partial charge in [0.05, 0.1) is 4.34 Å². The average Bonchev–Trinajstić information content (AvgIpc) is 3.40. The van der Waals surface area contributed by atoms with Gasteiger partial charge in [-0.15, -0.1) is 11.3 Å². The summed E-state index contributed by atoms with van der Waals surface area (Å²) in [6.45, 7) is 5.58. The molecule has 0 bridgehead atoms. The van der Waals surface area contributed by atoms with Gasteiger partial charge < -0.3 is 10.2 Å². The molecule has 1 fully saturated rings. The normalized spacial score (nSPS) is 23.1. The van der Waals surface area contributed by atoms with E-state index in [9.17, 15) is 4.79 Å². The molecule has 1 amide bonds. The number of aryl methyl sites for hydroxylation is 1. The van der Waals surface area contributed by atoms with Crippen molar-refractivity contribution in [3.8, 4) is 0 Å². The molecule has 4 heterocycles. The van der Waals surface area contributed by atoms with E-state index >= 15 is 0 Å². The highest BCUT2D eigenvalue weighted by molar-refractivity contribution is 7.17. The second kappa shape index (κ2) is 7.47. The third-order valence-electron chi connectivity index (χ3n) is 5.99. The number of carbonyl (C=O) groups excluding carboxylic acids is 1. The van der Waals surface area contributed by atoms with Crippen LogP contribution in [-0.2, 0) is 11.2 Å². The number of halogens is 1. The van der Waals surface area contributed by atoms with Crippen molar-refractivity contribution in [2.75, 3.05) is 18.4 Å². The van der Waals surface area contributed by atoms with E-state index in [0.717, 1.165) is 53.8 Å². The molecule has 1 saturated heterocycles. The number of thiophene rings is 1. The Morgan fingerprint density at radius 1 is 1.34 bits per heavy atom. The van der Waals surface area contributed by atoms with Crippen LogP contribution in [0.2, 0.25) is 4.34 Å². The van der Waals surface area contributed by atoms with Gasteiger partial charge in [-0.2, -0.15) is 0 Å². The maximum absolute atomic E-state index is 12.7. The fraction of sp³-hybridized carbons (Fsp3) is 0.304. The number of carbonyl (C=O) groups is 1. The third-order valence-corrected chi connectivity index (χ3v) is 7.29. The molecular formula is C23H22ClN3OS. The lowest BCUT2D eigenvalue weighted by Gasteiger charge is -2.19. The predicted octanol–water partition coefficient (Wildman–Crippen LogP) is 5.24. The van der Waals surface area contributed by atoms with Crippen LogP contribution in [0.25, 0.3) is 11.6 Å². The van der Waals surface area contributed by atoms with Crippen LogP contribution < -0.4 is 5.32 Å². The molecule has 2 atom stereocenters. The molecular weight excluding hydrogens is 402 g/mol. The molecule has 4 nitrogen and oxygen atoms in total. The summed E-state index contributed by atoms with van der Waals surface area (Å²) in [5, 5.41) is 3.22. The van der Waals surface area contributed by atoms with E-state index in [0.29, 0.717) is 11.8 Å². The fourth-order valence-corrected chi connectivity index (χ4v) is 5.55. The van der Waals surface area contributed by atoms with Crippen LogP contribution in [0, 0.1) is 11.8 Å². The molecule has 0 aromatic carbocycles. The third kappa shape index (κ3) is 3.77. The van der Waals surface area contributed by atoms with Gasteiger partial charge in [-0.3, -0.25) is 4.79 Å². The molecule has 6 heteroatoms. The highest BCUT2D eigenvalue weighted by atomic mass is 35.5. The van der Waals surface area contributed by atoms with Crippen molar-refractivity contribution in [3.05, 3.63) is 69.2 Å². The highest BCUT2D eigenvalue weighted by Crippen LogP contribution is 2.43. The van der Waals surface area contributed by atoms with Gasteiger partial charge in [0.1, 0.15) is 5.82 Å². The van der Waals surface area contributed by atoms with E-state index < -0.39 is 0 Å². The summed E-state index contributed by atoms with van der Waals surface area (Å²) < 4.78 is 0.831. The lowest BCUT2D eigenvalue weighted by molar-refractivity contribution is -0.125. The quantitative estimate of drug-likeness (QED) is 0.686. The lowest BCUT2D eigenvalue weighted by atomic mass is 10.00. The molecule has 2 aliphatic heterocycles. The largest absolute Gasteiger partial charge is 0.344 e. The Kier molecular flexibility index (Phi) is 4.80. The number of pyridine rings is 1. The van der Waals surface area contributed by atoms with Gasteiger partial charge in [0.2, 0.25) is 5.91 Å². The van der Waals surface area contributed by atoms with Gasteiger partial charge in [0, 0.05) is 35.9 Å². The maximum atomic E-state index is 12.7. The summed E-state index contributed by atoms with van der Waals surface area (Å²) in [5.41, 5.74) is 4.52. The number of fused-ring (bicyclic) bond motifs is 2. The second-order valence-electron chi connectivity index (χ2n) is 8.01. The van der Waals surface area contributed by atoms with E-state index in [-0.39, 0.29) is 5.91 Å². The Morgan fingerprint density at radius 2 is 2.24 bits per heavy atom. The number of amides is 1. The minimum absolute atomic E-state index is 0.0812. The fourth-order valence-electron chi connectivity index (χ4n) is 4.47. The van der Waals surface area contributed by atoms with Crippen molar-refractivity contribution >= 4 is 46.3 Å². The van der Waals surface area contributed by atoms with Crippen LogP contribution in [0.4, 0.5) is 5.82 Å². The van der Waals surface area contributed by atoms with Gasteiger partial charge >= 0.3 is 0 Å². The Hall–Kier alpha value is -2.37. The second-order valence-corrected chi connectivity index (χ2v) is 9.72. The highest BCUT2D eigenvalue weighted by Gasteiger charge is 2.38. The minimum Gasteiger partial charge on any atom is -0.344 e. The van der Waals surface area contributed by atoms with Crippen LogP contribution in [0.15, 0.2) is 48.8 Å². The summed E-state index contributed by atoms with van der Waals surface area (Å²) in [6.07, 6.45) is 10.6. The first kappa shape index (κ1) is 18.6. The molecule has 2 unspecified atom stereocenters. The Bertz CT molecular complexity index is 1050. The molecule has 2 aromatic heterocycles. The van der Waals surface area contributed by atoms with Crippen LogP contribution in [-0.4, -0.2) is 28.9 Å². The van der Waals surface area contributed by atoms with Gasteiger partial charge in [0.15, 0.2) is 0 Å². The zero-order valence-corrected chi connectivity index (χ0v) is 17.6. The zero-order valence-electron chi connectivity index (χ0n) is 16.0. The molecule has 1 N–H and O–H groups in total. The topological polar surface area (TPSA) is 45.2 Å². The number of nitrogens with zero attached hydrogens (tertiary/aromatic N) is 2. The number of aromatic nitrogens is 1. The van der Waals surface area contributed by atoms with Crippen molar-refractivity contribution < 1.29 is 4.79 Å². The molecule has 148 valence electrons. The lowest BCUT2D eigenvalue weighted by Crippen LogP contribution is -2.27. The summed E-state index contributed by atoms with van der Waals surface area (Å²) in [4.78, 5) is 20.4. The number of hydrogen-bond donors (Lipinski definition) is 1. The van der Waals surface area contributed by atoms with Gasteiger partial charge in [-0.25, -0.2) is 4.98 Å². The van der Waals surface area contributed by atoms with Crippen LogP contribution in [0.1, 0.15) is 28.8 Å². The Balaban J connectivity index is 1.23. The summed E-state index contributed by atoms with van der Waals surface area (Å²) in [7, 11) is 0. The number of anilines is 1. The van der Waals surface area contributed by atoms with Crippen molar-refractivity contribution in [2.24, 2.45) is 11.8 Å². The molecule has 1 aliphatic carbocycles. The van der Waals surface area contributed by atoms with E-state index in [1.54, 1.807) is 23.6 Å². The molecule has 5 rings (SSSR count). The summed E-state index contributed by atoms with van der Waals surface area (Å²) >= 11 is 7.71. The molecule has 2 aromatic rings. The van der Waals surface area contributed by atoms with Crippen molar-refractivity contribution in [3.63, 3.8) is 0 Å². The van der Waals surface area contributed by atoms with Gasteiger partial charge in [-0.1, -0.05) is 24.3 Å². The molecule has 0 spiro atoms. The minimum atomic E-state index is 0.0812. The van der Waals surface area contributed by atoms with Crippen LogP contribution in [0.3, 0.4) is 0 Å². The van der Waals surface area contributed by atoms with E-state index in [4.69, 9.17) is 11.6 Å². The Labute approximate surface area is 179 Å². The van der Waals surface area contributed by atoms with E-state index in [1.165, 1.54) is 16.0 Å². The molecule has 3 aliphatic rings. The zero-order chi connectivity index (χ0) is 20.0. The van der Waals surface area contributed by atoms with E-state index in [2.05, 4.69) is 35.1 Å². The van der Waals surface area contributed by atoms with Crippen molar-refractivity contribution in [1.29, 1.82) is 0 Å². The Morgan fingerprint density at radius 3 is 3.03 bits per heavy atom. The van der Waals surface area contributed by atoms with Crippen LogP contribution >= 0.6 is 22.9 Å². The smallest absolute Gasteiger partial charge is 0.246 e. The SMILES string of the molecule is C=C1CCc2cc(/C=C/C(=O)N3CC4C=C(c5ccc(Cl)s5)CC4C3)cnc2N1. The van der Waals surface area contributed by atoms with Crippen molar-refractivity contribution in [1.82, 2.24) is 9.88 Å². The summed E-state index contributed by atoms with van der Waals surface area (Å²) in [5.74, 6) is 1.94. The number of likely N-dealkylation sites (tertiary alicyclic amines) is 1. The van der Waals surface area contributed by atoms with Gasteiger partial charge in [0.25, 0.3) is 0 Å². The van der Waals surface area contributed by atoms with Crippen LogP contribution in [0.5, 0.6) is 0 Å². The number of nitrogens with one attached hydrogen (secondary N) is 1.